The second kappa shape index (κ2) is 5.59. The van der Waals surface area contributed by atoms with Crippen molar-refractivity contribution in [3.63, 3.8) is 0 Å². The van der Waals surface area contributed by atoms with E-state index in [1.54, 1.807) is 0 Å². The van der Waals surface area contributed by atoms with E-state index < -0.39 is 6.10 Å². The van der Waals surface area contributed by atoms with Crippen LogP contribution in [0.5, 0.6) is 0 Å². The second-order valence-electron chi connectivity index (χ2n) is 2.96. The normalized spacial score (nSPS) is 12.2. The summed E-state index contributed by atoms with van der Waals surface area (Å²) in [4.78, 5) is 32.5. The first kappa shape index (κ1) is 12.0. The lowest BCUT2D eigenvalue weighted by atomic mass is 10.1. The third-order valence-corrected chi connectivity index (χ3v) is 1.60. The summed E-state index contributed by atoms with van der Waals surface area (Å²) in [6, 6.07) is 0. The predicted molar refractivity (Wildman–Crippen MR) is 46.4 cm³/mol. The van der Waals surface area contributed by atoms with Crippen LogP contribution in [0.15, 0.2) is 0 Å². The first-order chi connectivity index (χ1) is 5.97. The minimum atomic E-state index is -0.702. The molecule has 0 saturated carbocycles. The summed E-state index contributed by atoms with van der Waals surface area (Å²) in [5, 5.41) is 0. The molecule has 0 saturated heterocycles. The lowest BCUT2D eigenvalue weighted by molar-refractivity contribution is -0.134. The molecule has 0 N–H and O–H groups in total. The van der Waals surface area contributed by atoms with E-state index in [0.29, 0.717) is 0 Å². The van der Waals surface area contributed by atoms with Crippen LogP contribution in [0, 0.1) is 0 Å². The average Bonchev–Trinajstić information content (AvgIpc) is 1.98. The van der Waals surface area contributed by atoms with Crippen LogP contribution in [-0.2, 0) is 19.1 Å². The van der Waals surface area contributed by atoms with Gasteiger partial charge in [-0.2, -0.15) is 0 Å². The highest BCUT2D eigenvalue weighted by atomic mass is 16.5. The maximum Gasteiger partial charge on any atom is 0.158 e. The monoisotopic (exact) mass is 186 g/mol. The van der Waals surface area contributed by atoms with Crippen molar-refractivity contribution >= 4 is 17.3 Å². The van der Waals surface area contributed by atoms with E-state index in [2.05, 4.69) is 0 Å². The van der Waals surface area contributed by atoms with E-state index >= 15 is 0 Å². The highest BCUT2D eigenvalue weighted by Crippen LogP contribution is 2.02. The van der Waals surface area contributed by atoms with Crippen LogP contribution in [0.3, 0.4) is 0 Å². The van der Waals surface area contributed by atoms with Gasteiger partial charge < -0.3 is 4.74 Å². The first-order valence-electron chi connectivity index (χ1n) is 4.01. The summed E-state index contributed by atoms with van der Waals surface area (Å²) in [6.45, 7) is 2.70. The number of methoxy groups -OCH3 is 1. The number of ether oxygens (including phenoxy) is 1. The number of hydrogen-bond donors (Lipinski definition) is 0. The Morgan fingerprint density at radius 1 is 1.23 bits per heavy atom. The zero-order valence-electron chi connectivity index (χ0n) is 8.12. The molecule has 4 nitrogen and oxygen atoms in total. The molecule has 0 bridgehead atoms. The molecule has 0 rings (SSSR count). The summed E-state index contributed by atoms with van der Waals surface area (Å²) < 4.78 is 4.78. The summed E-state index contributed by atoms with van der Waals surface area (Å²) in [5.74, 6) is -0.641. The average molecular weight is 186 g/mol. The third-order valence-electron chi connectivity index (χ3n) is 1.60. The summed E-state index contributed by atoms with van der Waals surface area (Å²) in [5.41, 5.74) is 0. The molecule has 0 spiro atoms. The fourth-order valence-electron chi connectivity index (χ4n) is 0.950. The number of Topliss-reactive ketones (excluding diaryl/α,β-unsaturated/α-hetero) is 3. The zero-order chi connectivity index (χ0) is 10.4. The standard InChI is InChI=1S/C9H14O4/c1-6(10)4-8(12)5-9(13-3)7(2)11/h9H,4-5H2,1-3H3. The largest absolute Gasteiger partial charge is 0.373 e. The topological polar surface area (TPSA) is 60.4 Å². The highest BCUT2D eigenvalue weighted by molar-refractivity contribution is 5.99. The number of ketones is 3. The summed E-state index contributed by atoms with van der Waals surface area (Å²) in [6.07, 6.45) is -0.828. The second-order valence-corrected chi connectivity index (χ2v) is 2.96. The maximum atomic E-state index is 11.1. The number of hydrogen-bond acceptors (Lipinski definition) is 4. The van der Waals surface area contributed by atoms with Crippen LogP contribution in [-0.4, -0.2) is 30.6 Å². The SMILES string of the molecule is COC(CC(=O)CC(C)=O)C(C)=O. The van der Waals surface area contributed by atoms with Gasteiger partial charge in [-0.05, 0) is 13.8 Å². The van der Waals surface area contributed by atoms with Gasteiger partial charge in [0.15, 0.2) is 5.78 Å². The van der Waals surface area contributed by atoms with E-state index in [-0.39, 0.29) is 30.2 Å². The number of carbonyl (C=O) groups excluding carboxylic acids is 3. The van der Waals surface area contributed by atoms with Gasteiger partial charge >= 0.3 is 0 Å². The molecule has 74 valence electrons. The van der Waals surface area contributed by atoms with Crippen molar-refractivity contribution < 1.29 is 19.1 Å². The van der Waals surface area contributed by atoms with E-state index in [9.17, 15) is 14.4 Å². The summed E-state index contributed by atoms with van der Waals surface area (Å²) >= 11 is 0. The van der Waals surface area contributed by atoms with Gasteiger partial charge in [-0.3, -0.25) is 14.4 Å². The van der Waals surface area contributed by atoms with Crippen LogP contribution >= 0.6 is 0 Å². The zero-order valence-corrected chi connectivity index (χ0v) is 8.12. The minimum Gasteiger partial charge on any atom is -0.373 e. The molecule has 0 aromatic heterocycles. The van der Waals surface area contributed by atoms with Gasteiger partial charge in [0.25, 0.3) is 0 Å². The van der Waals surface area contributed by atoms with Gasteiger partial charge in [0, 0.05) is 13.5 Å². The Balaban J connectivity index is 4.01. The Morgan fingerprint density at radius 2 is 1.77 bits per heavy atom. The van der Waals surface area contributed by atoms with Crippen LogP contribution in [0.2, 0.25) is 0 Å². The molecule has 0 aromatic rings. The van der Waals surface area contributed by atoms with Gasteiger partial charge in [0.1, 0.15) is 17.7 Å². The van der Waals surface area contributed by atoms with Crippen LogP contribution < -0.4 is 0 Å². The van der Waals surface area contributed by atoms with Crippen molar-refractivity contribution in [2.24, 2.45) is 0 Å². The molecule has 0 aliphatic rings. The highest BCUT2D eigenvalue weighted by Gasteiger charge is 2.18. The summed E-state index contributed by atoms with van der Waals surface area (Å²) in [7, 11) is 1.37. The lowest BCUT2D eigenvalue weighted by Crippen LogP contribution is -2.24. The molecule has 0 aromatic carbocycles. The van der Waals surface area contributed by atoms with Crippen molar-refractivity contribution in [2.75, 3.05) is 7.11 Å². The maximum absolute atomic E-state index is 11.1. The van der Waals surface area contributed by atoms with Gasteiger partial charge in [-0.1, -0.05) is 0 Å². The van der Waals surface area contributed by atoms with Crippen LogP contribution in [0.25, 0.3) is 0 Å². The lowest BCUT2D eigenvalue weighted by Gasteiger charge is -2.09. The molecule has 0 amide bonds. The molecule has 0 fully saturated rings. The first-order valence-corrected chi connectivity index (χ1v) is 4.01. The Labute approximate surface area is 77.3 Å². The third kappa shape index (κ3) is 5.25. The molecule has 4 heteroatoms. The Bertz CT molecular complexity index is 220. The smallest absolute Gasteiger partial charge is 0.158 e. The number of carbonyl (C=O) groups is 3. The van der Waals surface area contributed by atoms with E-state index in [1.165, 1.54) is 21.0 Å². The molecule has 0 heterocycles. The minimum absolute atomic E-state index is 0.00852. The Morgan fingerprint density at radius 3 is 2.08 bits per heavy atom. The molecule has 1 atom stereocenters. The molecule has 0 radical (unpaired) electrons. The van der Waals surface area contributed by atoms with Crippen LogP contribution in [0.4, 0.5) is 0 Å². The van der Waals surface area contributed by atoms with Gasteiger partial charge in [-0.15, -0.1) is 0 Å². The van der Waals surface area contributed by atoms with Crippen LogP contribution in [0.1, 0.15) is 26.7 Å². The predicted octanol–water partition coefficient (Wildman–Crippen LogP) is 0.529. The Kier molecular flexibility index (Phi) is 5.14. The molecular formula is C9H14O4. The van der Waals surface area contributed by atoms with E-state index in [4.69, 9.17) is 4.74 Å². The van der Waals surface area contributed by atoms with Gasteiger partial charge in [-0.25, -0.2) is 0 Å². The Hall–Kier alpha value is -1.03. The molecule has 0 aliphatic heterocycles. The fraction of sp³-hybridized carbons (Fsp3) is 0.667. The molecular weight excluding hydrogens is 172 g/mol. The number of rotatable bonds is 6. The van der Waals surface area contributed by atoms with E-state index in [0.717, 1.165) is 0 Å². The van der Waals surface area contributed by atoms with Gasteiger partial charge in [0.2, 0.25) is 0 Å². The fourth-order valence-corrected chi connectivity index (χ4v) is 0.950. The quantitative estimate of drug-likeness (QED) is 0.568. The molecule has 0 aliphatic carbocycles. The van der Waals surface area contributed by atoms with Crippen molar-refractivity contribution in [2.45, 2.75) is 32.8 Å². The molecule has 13 heavy (non-hydrogen) atoms. The van der Waals surface area contributed by atoms with E-state index in [1.807, 2.05) is 0 Å². The molecule has 1 unspecified atom stereocenters. The van der Waals surface area contributed by atoms with Crippen molar-refractivity contribution in [3.05, 3.63) is 0 Å². The van der Waals surface area contributed by atoms with Crippen molar-refractivity contribution in [3.8, 4) is 0 Å². The van der Waals surface area contributed by atoms with Gasteiger partial charge in [0.05, 0.1) is 6.42 Å². The van der Waals surface area contributed by atoms with Crippen molar-refractivity contribution in [1.82, 2.24) is 0 Å². The van der Waals surface area contributed by atoms with Crippen molar-refractivity contribution in [1.29, 1.82) is 0 Å².